The molecule has 0 amide bonds. The van der Waals surface area contributed by atoms with Crippen molar-refractivity contribution >= 4 is 11.6 Å². The molecular formula is C8H10ClNO2. The van der Waals surface area contributed by atoms with Crippen LogP contribution >= 0.6 is 11.6 Å². The molecule has 0 aromatic carbocycles. The first kappa shape index (κ1) is 9.13. The lowest BCUT2D eigenvalue weighted by atomic mass is 10.3. The molecule has 0 spiro atoms. The second-order valence-electron chi connectivity index (χ2n) is 2.27. The molecule has 0 radical (unpaired) electrons. The molecule has 0 saturated carbocycles. The van der Waals surface area contributed by atoms with Gasteiger partial charge >= 0.3 is 0 Å². The normalized spacial score (nSPS) is 9.67. The molecule has 0 aliphatic carbocycles. The Morgan fingerprint density at radius 2 is 2.00 bits per heavy atom. The van der Waals surface area contributed by atoms with Crippen LogP contribution < -0.4 is 9.47 Å². The molecule has 1 aromatic rings. The van der Waals surface area contributed by atoms with E-state index in [0.29, 0.717) is 16.7 Å². The molecule has 0 aliphatic heterocycles. The number of methoxy groups -OCH3 is 2. The predicted octanol–water partition coefficient (Wildman–Crippen LogP) is 2.06. The summed E-state index contributed by atoms with van der Waals surface area (Å²) in [5.74, 6) is 1.05. The number of nitrogens with zero attached hydrogens (tertiary/aromatic N) is 1. The molecule has 12 heavy (non-hydrogen) atoms. The number of hydrogen-bond acceptors (Lipinski definition) is 3. The van der Waals surface area contributed by atoms with Crippen LogP contribution in [0.25, 0.3) is 0 Å². The Morgan fingerprint density at radius 3 is 2.50 bits per heavy atom. The van der Waals surface area contributed by atoms with E-state index in [4.69, 9.17) is 21.1 Å². The number of hydrogen-bond donors (Lipinski definition) is 0. The summed E-state index contributed by atoms with van der Waals surface area (Å²) in [6.45, 7) is 1.85. The highest BCUT2D eigenvalue weighted by atomic mass is 35.5. The average molecular weight is 188 g/mol. The first-order chi connectivity index (χ1) is 5.70. The Hall–Kier alpha value is -0.960. The largest absolute Gasteiger partial charge is 0.491 e. The summed E-state index contributed by atoms with van der Waals surface area (Å²) in [5, 5.41) is 0.577. The summed E-state index contributed by atoms with van der Waals surface area (Å²) in [7, 11) is 3.10. The second-order valence-corrected chi connectivity index (χ2v) is 2.68. The van der Waals surface area contributed by atoms with Gasteiger partial charge in [-0.1, -0.05) is 11.6 Å². The van der Waals surface area contributed by atoms with Gasteiger partial charge in [0, 0.05) is 5.56 Å². The average Bonchev–Trinajstić information content (AvgIpc) is 2.09. The fourth-order valence-corrected chi connectivity index (χ4v) is 1.06. The monoisotopic (exact) mass is 187 g/mol. The fourth-order valence-electron chi connectivity index (χ4n) is 0.925. The van der Waals surface area contributed by atoms with Gasteiger partial charge in [0.15, 0.2) is 5.75 Å². The van der Waals surface area contributed by atoms with Crippen LogP contribution in [0.2, 0.25) is 5.02 Å². The van der Waals surface area contributed by atoms with Crippen LogP contribution in [0.4, 0.5) is 0 Å². The Balaban J connectivity index is 3.25. The van der Waals surface area contributed by atoms with E-state index in [9.17, 15) is 0 Å². The van der Waals surface area contributed by atoms with Gasteiger partial charge in [-0.2, -0.15) is 0 Å². The molecule has 0 unspecified atom stereocenters. The third-order valence-corrected chi connectivity index (χ3v) is 1.97. The summed E-state index contributed by atoms with van der Waals surface area (Å²) in [5.41, 5.74) is 0.839. The van der Waals surface area contributed by atoms with Gasteiger partial charge in [0.25, 0.3) is 5.88 Å². The van der Waals surface area contributed by atoms with Crippen LogP contribution in [0, 0.1) is 6.92 Å². The van der Waals surface area contributed by atoms with Crippen LogP contribution in [0.5, 0.6) is 11.6 Å². The summed E-state index contributed by atoms with van der Waals surface area (Å²) in [6.07, 6.45) is 1.54. The minimum atomic E-state index is 0.458. The van der Waals surface area contributed by atoms with Gasteiger partial charge in [-0.15, -0.1) is 0 Å². The number of ether oxygens (including phenoxy) is 2. The Kier molecular flexibility index (Phi) is 2.76. The van der Waals surface area contributed by atoms with Crippen molar-refractivity contribution in [3.8, 4) is 11.6 Å². The minimum absolute atomic E-state index is 0.458. The summed E-state index contributed by atoms with van der Waals surface area (Å²) >= 11 is 5.82. The highest BCUT2D eigenvalue weighted by Gasteiger charge is 2.10. The van der Waals surface area contributed by atoms with E-state index in [1.807, 2.05) is 6.92 Å². The number of pyridine rings is 1. The van der Waals surface area contributed by atoms with E-state index in [1.54, 1.807) is 7.11 Å². The van der Waals surface area contributed by atoms with Crippen molar-refractivity contribution in [3.63, 3.8) is 0 Å². The van der Waals surface area contributed by atoms with E-state index in [2.05, 4.69) is 4.98 Å². The van der Waals surface area contributed by atoms with E-state index < -0.39 is 0 Å². The molecule has 1 aromatic heterocycles. The highest BCUT2D eigenvalue weighted by Crippen LogP contribution is 2.32. The number of rotatable bonds is 2. The lowest BCUT2D eigenvalue weighted by Crippen LogP contribution is -1.95. The number of halogens is 1. The predicted molar refractivity (Wildman–Crippen MR) is 47.1 cm³/mol. The maximum Gasteiger partial charge on any atom is 0.257 e. The lowest BCUT2D eigenvalue weighted by molar-refractivity contribution is 0.341. The van der Waals surface area contributed by atoms with Gasteiger partial charge in [0.2, 0.25) is 0 Å². The van der Waals surface area contributed by atoms with E-state index >= 15 is 0 Å². The summed E-state index contributed by atoms with van der Waals surface area (Å²) in [6, 6.07) is 0. The molecule has 0 N–H and O–H groups in total. The van der Waals surface area contributed by atoms with Gasteiger partial charge in [-0.3, -0.25) is 0 Å². The Morgan fingerprint density at radius 1 is 1.33 bits per heavy atom. The van der Waals surface area contributed by atoms with Crippen molar-refractivity contribution in [3.05, 3.63) is 16.8 Å². The highest BCUT2D eigenvalue weighted by molar-refractivity contribution is 6.31. The Labute approximate surface area is 76.3 Å². The molecule has 3 nitrogen and oxygen atoms in total. The summed E-state index contributed by atoms with van der Waals surface area (Å²) < 4.78 is 10.1. The van der Waals surface area contributed by atoms with Crippen molar-refractivity contribution in [2.75, 3.05) is 14.2 Å². The van der Waals surface area contributed by atoms with Gasteiger partial charge in [0.1, 0.15) is 0 Å². The molecule has 1 heterocycles. The molecule has 0 aliphatic rings. The zero-order chi connectivity index (χ0) is 9.14. The molecule has 66 valence electrons. The fraction of sp³-hybridized carbons (Fsp3) is 0.375. The molecule has 0 atom stereocenters. The van der Waals surface area contributed by atoms with Gasteiger partial charge < -0.3 is 9.47 Å². The number of aromatic nitrogens is 1. The lowest BCUT2D eigenvalue weighted by Gasteiger charge is -2.09. The molecule has 4 heteroatoms. The van der Waals surface area contributed by atoms with Gasteiger partial charge in [0.05, 0.1) is 25.4 Å². The smallest absolute Gasteiger partial charge is 0.257 e. The first-order valence-electron chi connectivity index (χ1n) is 3.43. The quantitative estimate of drug-likeness (QED) is 0.710. The van der Waals surface area contributed by atoms with E-state index in [1.165, 1.54) is 13.3 Å². The second kappa shape index (κ2) is 3.63. The van der Waals surface area contributed by atoms with Crippen LogP contribution in [-0.4, -0.2) is 19.2 Å². The van der Waals surface area contributed by atoms with Crippen LogP contribution in [0.3, 0.4) is 0 Å². The summed E-state index contributed by atoms with van der Waals surface area (Å²) in [4.78, 5) is 3.95. The molecule has 1 rings (SSSR count). The first-order valence-corrected chi connectivity index (χ1v) is 3.81. The van der Waals surface area contributed by atoms with Crippen molar-refractivity contribution in [1.82, 2.24) is 4.98 Å². The molecule has 0 fully saturated rings. The molecule has 0 saturated heterocycles. The topological polar surface area (TPSA) is 31.4 Å². The third kappa shape index (κ3) is 1.46. The van der Waals surface area contributed by atoms with Crippen molar-refractivity contribution < 1.29 is 9.47 Å². The zero-order valence-corrected chi connectivity index (χ0v) is 7.97. The van der Waals surface area contributed by atoms with Crippen LogP contribution in [-0.2, 0) is 0 Å². The standard InChI is InChI=1S/C8H10ClNO2/c1-5-6(9)4-10-8(12-3)7(5)11-2/h4H,1-3H3. The van der Waals surface area contributed by atoms with Gasteiger partial charge in [-0.25, -0.2) is 4.98 Å². The van der Waals surface area contributed by atoms with Gasteiger partial charge in [-0.05, 0) is 6.92 Å². The van der Waals surface area contributed by atoms with E-state index in [0.717, 1.165) is 5.56 Å². The molecule has 0 bridgehead atoms. The zero-order valence-electron chi connectivity index (χ0n) is 7.22. The Bertz CT molecular complexity index is 289. The maximum atomic E-state index is 5.82. The van der Waals surface area contributed by atoms with Crippen molar-refractivity contribution in [2.24, 2.45) is 0 Å². The third-order valence-electron chi connectivity index (χ3n) is 1.59. The van der Waals surface area contributed by atoms with Crippen LogP contribution in [0.15, 0.2) is 6.20 Å². The van der Waals surface area contributed by atoms with Crippen molar-refractivity contribution in [2.45, 2.75) is 6.92 Å². The minimum Gasteiger partial charge on any atom is -0.491 e. The van der Waals surface area contributed by atoms with Crippen molar-refractivity contribution in [1.29, 1.82) is 0 Å². The molecular weight excluding hydrogens is 178 g/mol. The maximum absolute atomic E-state index is 5.82. The van der Waals surface area contributed by atoms with Crippen LogP contribution in [0.1, 0.15) is 5.56 Å². The van der Waals surface area contributed by atoms with E-state index in [-0.39, 0.29) is 0 Å². The SMILES string of the molecule is COc1ncc(Cl)c(C)c1OC.